The van der Waals surface area contributed by atoms with E-state index in [-0.39, 0.29) is 23.5 Å². The Labute approximate surface area is 118 Å². The number of hydrogen-bond acceptors (Lipinski definition) is 4. The molecule has 1 aromatic rings. The fraction of sp³-hybridized carbons (Fsp3) is 0.462. The molecule has 1 amide bonds. The first-order valence-corrected chi connectivity index (χ1v) is 7.99. The lowest BCUT2D eigenvalue weighted by molar-refractivity contribution is -0.120. The van der Waals surface area contributed by atoms with Gasteiger partial charge in [-0.1, -0.05) is 18.2 Å². The standard InChI is InChI=1S/C13H18N2O4S/c16-13(14-9-11-5-4-8-19-11)10-15-20(17,18)12-6-2-1-3-7-12/h1-3,6-7,11,15H,4-5,8-10H2,(H,14,16). The molecule has 0 aromatic heterocycles. The third-order valence-electron chi connectivity index (χ3n) is 3.03. The molecule has 1 aliphatic heterocycles. The van der Waals surface area contributed by atoms with Crippen LogP contribution >= 0.6 is 0 Å². The third kappa shape index (κ3) is 4.29. The lowest BCUT2D eigenvalue weighted by atomic mass is 10.2. The Bertz CT molecular complexity index is 539. The second-order valence-corrected chi connectivity index (χ2v) is 6.34. The number of carbonyl (C=O) groups is 1. The van der Waals surface area contributed by atoms with Crippen LogP contribution in [0, 0.1) is 0 Å². The number of benzene rings is 1. The van der Waals surface area contributed by atoms with E-state index < -0.39 is 10.0 Å². The first-order valence-electron chi connectivity index (χ1n) is 6.51. The molecule has 0 spiro atoms. The van der Waals surface area contributed by atoms with Gasteiger partial charge in [0, 0.05) is 13.2 Å². The van der Waals surface area contributed by atoms with Crippen molar-refractivity contribution >= 4 is 15.9 Å². The van der Waals surface area contributed by atoms with Gasteiger partial charge in [-0.2, -0.15) is 0 Å². The molecule has 1 saturated heterocycles. The first-order chi connectivity index (χ1) is 9.58. The largest absolute Gasteiger partial charge is 0.376 e. The van der Waals surface area contributed by atoms with Gasteiger partial charge in [0.05, 0.1) is 17.5 Å². The van der Waals surface area contributed by atoms with Crippen molar-refractivity contribution in [2.24, 2.45) is 0 Å². The Balaban J connectivity index is 1.77. The van der Waals surface area contributed by atoms with Crippen LogP contribution in [0.15, 0.2) is 35.2 Å². The normalized spacial score (nSPS) is 18.9. The van der Waals surface area contributed by atoms with Crippen molar-refractivity contribution < 1.29 is 17.9 Å². The van der Waals surface area contributed by atoms with Crippen LogP contribution < -0.4 is 10.0 Å². The molecule has 2 N–H and O–H groups in total. The fourth-order valence-electron chi connectivity index (χ4n) is 1.94. The molecule has 6 nitrogen and oxygen atoms in total. The minimum atomic E-state index is -3.63. The summed E-state index contributed by atoms with van der Waals surface area (Å²) in [5.74, 6) is -0.361. The van der Waals surface area contributed by atoms with Crippen LogP contribution in [0.3, 0.4) is 0 Å². The van der Waals surface area contributed by atoms with Gasteiger partial charge in [-0.3, -0.25) is 4.79 Å². The van der Waals surface area contributed by atoms with Crippen molar-refractivity contribution in [3.63, 3.8) is 0 Å². The summed E-state index contributed by atoms with van der Waals surface area (Å²) in [6, 6.07) is 7.95. The number of rotatable bonds is 6. The highest BCUT2D eigenvalue weighted by Gasteiger charge is 2.18. The molecule has 0 radical (unpaired) electrons. The molecule has 0 saturated carbocycles. The number of amides is 1. The highest BCUT2D eigenvalue weighted by molar-refractivity contribution is 7.89. The summed E-state index contributed by atoms with van der Waals surface area (Å²) in [6.07, 6.45) is 1.97. The van der Waals surface area contributed by atoms with Gasteiger partial charge in [-0.15, -0.1) is 0 Å². The Kier molecular flexibility index (Phi) is 5.11. The topological polar surface area (TPSA) is 84.5 Å². The maximum absolute atomic E-state index is 11.9. The summed E-state index contributed by atoms with van der Waals surface area (Å²) in [4.78, 5) is 11.7. The summed E-state index contributed by atoms with van der Waals surface area (Å²) in [6.45, 7) is 0.872. The Morgan fingerprint density at radius 2 is 2.05 bits per heavy atom. The second-order valence-electron chi connectivity index (χ2n) is 4.58. The predicted molar refractivity (Wildman–Crippen MR) is 73.6 cm³/mol. The summed E-state index contributed by atoms with van der Waals surface area (Å²) >= 11 is 0. The first kappa shape index (κ1) is 15.0. The highest BCUT2D eigenvalue weighted by Crippen LogP contribution is 2.10. The van der Waals surface area contributed by atoms with Crippen molar-refractivity contribution in [2.75, 3.05) is 19.7 Å². The quantitative estimate of drug-likeness (QED) is 0.789. The Morgan fingerprint density at radius 3 is 2.70 bits per heavy atom. The molecule has 20 heavy (non-hydrogen) atoms. The zero-order valence-electron chi connectivity index (χ0n) is 11.0. The van der Waals surface area contributed by atoms with E-state index in [4.69, 9.17) is 4.74 Å². The number of nitrogens with one attached hydrogen (secondary N) is 2. The van der Waals surface area contributed by atoms with Crippen LogP contribution in [0.4, 0.5) is 0 Å². The molecular formula is C13H18N2O4S. The molecule has 7 heteroatoms. The van der Waals surface area contributed by atoms with Gasteiger partial charge in [0.15, 0.2) is 0 Å². The van der Waals surface area contributed by atoms with Gasteiger partial charge in [0.1, 0.15) is 0 Å². The van der Waals surface area contributed by atoms with Crippen molar-refractivity contribution in [3.05, 3.63) is 30.3 Å². The molecule has 1 aromatic carbocycles. The molecule has 1 heterocycles. The maximum atomic E-state index is 11.9. The number of carbonyl (C=O) groups excluding carboxylic acids is 1. The monoisotopic (exact) mass is 298 g/mol. The average Bonchev–Trinajstić information content (AvgIpc) is 2.97. The molecule has 0 bridgehead atoms. The van der Waals surface area contributed by atoms with E-state index in [1.165, 1.54) is 12.1 Å². The van der Waals surface area contributed by atoms with Crippen LogP contribution in [-0.4, -0.2) is 40.1 Å². The molecular weight excluding hydrogens is 280 g/mol. The minimum Gasteiger partial charge on any atom is -0.376 e. The van der Waals surface area contributed by atoms with Crippen LogP contribution in [0.5, 0.6) is 0 Å². The second kappa shape index (κ2) is 6.83. The van der Waals surface area contributed by atoms with E-state index in [1.54, 1.807) is 18.2 Å². The van der Waals surface area contributed by atoms with Crippen LogP contribution in [0.2, 0.25) is 0 Å². The lowest BCUT2D eigenvalue weighted by Gasteiger charge is -2.11. The lowest BCUT2D eigenvalue weighted by Crippen LogP contribution is -2.39. The molecule has 1 aliphatic rings. The highest BCUT2D eigenvalue weighted by atomic mass is 32.2. The minimum absolute atomic E-state index is 0.0460. The van der Waals surface area contributed by atoms with Gasteiger partial charge in [0.25, 0.3) is 0 Å². The zero-order chi connectivity index (χ0) is 14.4. The zero-order valence-corrected chi connectivity index (χ0v) is 11.9. The summed E-state index contributed by atoms with van der Waals surface area (Å²) in [5.41, 5.74) is 0. The smallest absolute Gasteiger partial charge is 0.241 e. The van der Waals surface area contributed by atoms with E-state index in [0.29, 0.717) is 6.54 Å². The number of ether oxygens (including phenoxy) is 1. The van der Waals surface area contributed by atoms with Crippen LogP contribution in [-0.2, 0) is 19.6 Å². The SMILES string of the molecule is O=C(CNS(=O)(=O)c1ccccc1)NCC1CCCO1. The average molecular weight is 298 g/mol. The summed E-state index contributed by atoms with van der Waals surface area (Å²) in [7, 11) is -3.63. The van der Waals surface area contributed by atoms with E-state index in [0.717, 1.165) is 19.4 Å². The molecule has 1 unspecified atom stereocenters. The van der Waals surface area contributed by atoms with Crippen LogP contribution in [0.1, 0.15) is 12.8 Å². The van der Waals surface area contributed by atoms with Gasteiger partial charge in [-0.05, 0) is 25.0 Å². The number of hydrogen-bond donors (Lipinski definition) is 2. The molecule has 2 rings (SSSR count). The van der Waals surface area contributed by atoms with E-state index >= 15 is 0 Å². The fourth-order valence-corrected chi connectivity index (χ4v) is 2.94. The van der Waals surface area contributed by atoms with E-state index in [1.807, 2.05) is 0 Å². The van der Waals surface area contributed by atoms with Crippen molar-refractivity contribution in [1.82, 2.24) is 10.0 Å². The third-order valence-corrected chi connectivity index (χ3v) is 4.44. The van der Waals surface area contributed by atoms with Gasteiger partial charge in [-0.25, -0.2) is 13.1 Å². The molecule has 1 atom stereocenters. The molecule has 1 fully saturated rings. The Morgan fingerprint density at radius 1 is 1.30 bits per heavy atom. The van der Waals surface area contributed by atoms with Gasteiger partial charge in [0.2, 0.25) is 15.9 Å². The van der Waals surface area contributed by atoms with E-state index in [9.17, 15) is 13.2 Å². The van der Waals surface area contributed by atoms with Crippen molar-refractivity contribution in [3.8, 4) is 0 Å². The van der Waals surface area contributed by atoms with Crippen molar-refractivity contribution in [2.45, 2.75) is 23.8 Å². The Hall–Kier alpha value is -1.44. The molecule has 110 valence electrons. The van der Waals surface area contributed by atoms with Crippen molar-refractivity contribution in [1.29, 1.82) is 0 Å². The van der Waals surface area contributed by atoms with Crippen LogP contribution in [0.25, 0.3) is 0 Å². The van der Waals surface area contributed by atoms with Gasteiger partial charge < -0.3 is 10.1 Å². The molecule has 0 aliphatic carbocycles. The summed E-state index contributed by atoms with van der Waals surface area (Å²) in [5, 5.41) is 2.66. The number of sulfonamides is 1. The summed E-state index contributed by atoms with van der Waals surface area (Å²) < 4.78 is 31.4. The van der Waals surface area contributed by atoms with E-state index in [2.05, 4.69) is 10.0 Å². The predicted octanol–water partition coefficient (Wildman–Crippen LogP) is 0.260. The maximum Gasteiger partial charge on any atom is 0.241 e. The van der Waals surface area contributed by atoms with Gasteiger partial charge >= 0.3 is 0 Å².